The van der Waals surface area contributed by atoms with Crippen molar-refractivity contribution in [2.24, 2.45) is 5.92 Å². The van der Waals surface area contributed by atoms with E-state index in [0.29, 0.717) is 36.6 Å². The average Bonchev–Trinajstić information content (AvgIpc) is 3.37. The maximum absolute atomic E-state index is 13.1. The van der Waals surface area contributed by atoms with Gasteiger partial charge in [0.2, 0.25) is 5.91 Å². The fraction of sp³-hybridized carbons (Fsp3) is 0.609. The van der Waals surface area contributed by atoms with Crippen LogP contribution in [0, 0.1) is 5.92 Å². The number of hydrogen-bond donors (Lipinski definition) is 1. The number of piperidine rings is 1. The summed E-state index contributed by atoms with van der Waals surface area (Å²) in [6.45, 7) is 2.62. The van der Waals surface area contributed by atoms with Crippen LogP contribution in [0.1, 0.15) is 43.7 Å². The van der Waals surface area contributed by atoms with Crippen molar-refractivity contribution in [1.82, 2.24) is 15.1 Å². The van der Waals surface area contributed by atoms with Crippen LogP contribution in [0.15, 0.2) is 18.2 Å². The van der Waals surface area contributed by atoms with E-state index in [1.807, 2.05) is 4.90 Å². The number of amides is 3. The van der Waals surface area contributed by atoms with Crippen LogP contribution in [0.5, 0.6) is 11.5 Å². The molecule has 9 nitrogen and oxygen atoms in total. The average molecular weight is 448 g/mol. The Morgan fingerprint density at radius 2 is 1.69 bits per heavy atom. The summed E-state index contributed by atoms with van der Waals surface area (Å²) in [5, 5.41) is 3.00. The Kier molecular flexibility index (Phi) is 8.19. The van der Waals surface area contributed by atoms with Crippen LogP contribution >= 0.6 is 0 Å². The van der Waals surface area contributed by atoms with Crippen LogP contribution < -0.4 is 14.8 Å². The molecule has 2 fully saturated rings. The molecule has 0 radical (unpaired) electrons. The van der Waals surface area contributed by atoms with Gasteiger partial charge < -0.3 is 29.3 Å². The molecule has 32 heavy (non-hydrogen) atoms. The van der Waals surface area contributed by atoms with E-state index >= 15 is 0 Å². The van der Waals surface area contributed by atoms with Crippen molar-refractivity contribution in [3.05, 3.63) is 23.8 Å². The first-order valence-electron chi connectivity index (χ1n) is 11.1. The molecule has 2 heterocycles. The second kappa shape index (κ2) is 11.1. The van der Waals surface area contributed by atoms with E-state index in [2.05, 4.69) is 5.32 Å². The maximum atomic E-state index is 13.1. The van der Waals surface area contributed by atoms with E-state index in [1.54, 1.807) is 30.2 Å². The molecule has 2 saturated heterocycles. The van der Waals surface area contributed by atoms with Gasteiger partial charge in [-0.2, -0.15) is 0 Å². The summed E-state index contributed by atoms with van der Waals surface area (Å²) in [6.07, 6.45) is 3.52. The molecule has 1 aromatic carbocycles. The molecule has 3 amide bonds. The Morgan fingerprint density at radius 3 is 2.34 bits per heavy atom. The van der Waals surface area contributed by atoms with Gasteiger partial charge in [0.05, 0.1) is 39.7 Å². The molecular formula is C23H33N3O6. The highest BCUT2D eigenvalue weighted by atomic mass is 16.5. The molecule has 3 rings (SSSR count). The number of benzene rings is 1. The number of nitrogens with zero attached hydrogens (tertiary/aromatic N) is 2. The monoisotopic (exact) mass is 447 g/mol. The fourth-order valence-electron chi connectivity index (χ4n) is 4.33. The second-order valence-corrected chi connectivity index (χ2v) is 8.22. The number of ether oxygens (including phenoxy) is 3. The number of carbonyl (C=O) groups excluding carboxylic acids is 3. The number of carbonyl (C=O) groups is 3. The minimum atomic E-state index is -0.584. The molecule has 0 spiro atoms. The third-order valence-corrected chi connectivity index (χ3v) is 6.16. The highest BCUT2D eigenvalue weighted by Crippen LogP contribution is 2.31. The van der Waals surface area contributed by atoms with Crippen molar-refractivity contribution in [3.63, 3.8) is 0 Å². The van der Waals surface area contributed by atoms with Gasteiger partial charge in [0.15, 0.2) is 11.5 Å². The quantitative estimate of drug-likeness (QED) is 0.645. The number of rotatable bonds is 7. The molecule has 0 saturated carbocycles. The number of urea groups is 1. The van der Waals surface area contributed by atoms with Gasteiger partial charge in [0, 0.05) is 26.2 Å². The molecule has 0 aromatic heterocycles. The molecule has 176 valence electrons. The Morgan fingerprint density at radius 1 is 1.00 bits per heavy atom. The van der Waals surface area contributed by atoms with Crippen LogP contribution in [0.3, 0.4) is 0 Å². The molecule has 9 heteroatoms. The van der Waals surface area contributed by atoms with Gasteiger partial charge >= 0.3 is 12.0 Å². The first-order valence-corrected chi connectivity index (χ1v) is 11.1. The molecule has 2 aliphatic heterocycles. The second-order valence-electron chi connectivity index (χ2n) is 8.22. The number of likely N-dealkylation sites (tertiary alicyclic amines) is 2. The smallest absolute Gasteiger partial charge is 0.320 e. The molecule has 1 N–H and O–H groups in total. The van der Waals surface area contributed by atoms with Crippen molar-refractivity contribution in [2.75, 3.05) is 47.5 Å². The summed E-state index contributed by atoms with van der Waals surface area (Å²) in [6, 6.07) is 4.71. The van der Waals surface area contributed by atoms with Gasteiger partial charge in [-0.15, -0.1) is 0 Å². The minimum absolute atomic E-state index is 0.0130. The molecule has 2 atom stereocenters. The Balaban J connectivity index is 1.71. The Labute approximate surface area is 189 Å². The predicted octanol–water partition coefficient (Wildman–Crippen LogP) is 2.35. The van der Waals surface area contributed by atoms with E-state index in [1.165, 1.54) is 14.2 Å². The molecular weight excluding hydrogens is 414 g/mol. The molecule has 0 unspecified atom stereocenters. The SMILES string of the molecule is COC(=O)C[C@H](NC(=O)[C@@H]1CCCN(C(=O)N2CCCC2)C1)c1ccc(OC)c(OC)c1. The van der Waals surface area contributed by atoms with Gasteiger partial charge in [-0.3, -0.25) is 9.59 Å². The maximum Gasteiger partial charge on any atom is 0.320 e. The van der Waals surface area contributed by atoms with Crippen LogP contribution in [-0.2, 0) is 14.3 Å². The van der Waals surface area contributed by atoms with Gasteiger partial charge in [-0.1, -0.05) is 6.07 Å². The van der Waals surface area contributed by atoms with Gasteiger partial charge in [0.1, 0.15) is 0 Å². The van der Waals surface area contributed by atoms with Crippen LogP contribution in [0.25, 0.3) is 0 Å². The lowest BCUT2D eigenvalue weighted by Gasteiger charge is -2.35. The standard InChI is InChI=1S/C23H33N3O6/c1-30-19-9-8-16(13-20(19)31-2)18(14-21(27)32-3)24-22(28)17-7-6-12-26(15-17)23(29)25-10-4-5-11-25/h8-9,13,17-18H,4-7,10-12,14-15H2,1-3H3,(H,24,28)/t17-,18+/m1/s1. The summed E-state index contributed by atoms with van der Waals surface area (Å²) in [7, 11) is 4.39. The van der Waals surface area contributed by atoms with E-state index in [0.717, 1.165) is 32.4 Å². The topological polar surface area (TPSA) is 97.4 Å². The van der Waals surface area contributed by atoms with Crippen molar-refractivity contribution in [3.8, 4) is 11.5 Å². The highest BCUT2D eigenvalue weighted by Gasteiger charge is 2.33. The third kappa shape index (κ3) is 5.63. The summed E-state index contributed by atoms with van der Waals surface area (Å²) < 4.78 is 15.5. The van der Waals surface area contributed by atoms with Crippen molar-refractivity contribution in [1.29, 1.82) is 0 Å². The molecule has 0 aliphatic carbocycles. The molecule has 1 aromatic rings. The first-order chi connectivity index (χ1) is 15.5. The van der Waals surface area contributed by atoms with Crippen LogP contribution in [0.2, 0.25) is 0 Å². The Bertz CT molecular complexity index is 824. The van der Waals surface area contributed by atoms with E-state index in [4.69, 9.17) is 14.2 Å². The van der Waals surface area contributed by atoms with Crippen molar-refractivity contribution in [2.45, 2.75) is 38.1 Å². The largest absolute Gasteiger partial charge is 0.493 e. The fourth-order valence-corrected chi connectivity index (χ4v) is 4.33. The first kappa shape index (κ1) is 23.7. The zero-order valence-electron chi connectivity index (χ0n) is 19.1. The molecule has 0 bridgehead atoms. The zero-order chi connectivity index (χ0) is 23.1. The highest BCUT2D eigenvalue weighted by molar-refractivity contribution is 5.82. The van der Waals surface area contributed by atoms with Crippen LogP contribution in [-0.4, -0.2) is 75.2 Å². The summed E-state index contributed by atoms with van der Waals surface area (Å²) in [5.41, 5.74) is 0.710. The predicted molar refractivity (Wildman–Crippen MR) is 118 cm³/mol. The van der Waals surface area contributed by atoms with E-state index in [9.17, 15) is 14.4 Å². The van der Waals surface area contributed by atoms with E-state index < -0.39 is 12.0 Å². The van der Waals surface area contributed by atoms with Crippen molar-refractivity contribution >= 4 is 17.9 Å². The van der Waals surface area contributed by atoms with Gasteiger partial charge in [0.25, 0.3) is 0 Å². The third-order valence-electron chi connectivity index (χ3n) is 6.16. The zero-order valence-corrected chi connectivity index (χ0v) is 19.1. The normalized spacial score (nSPS) is 19.3. The summed E-state index contributed by atoms with van der Waals surface area (Å²) in [5.74, 6) is 0.139. The number of hydrogen-bond acceptors (Lipinski definition) is 6. The summed E-state index contributed by atoms with van der Waals surface area (Å²) in [4.78, 5) is 41.6. The van der Waals surface area contributed by atoms with Gasteiger partial charge in [-0.05, 0) is 43.4 Å². The van der Waals surface area contributed by atoms with Gasteiger partial charge in [-0.25, -0.2) is 4.79 Å². The number of esters is 1. The molecule has 2 aliphatic rings. The lowest BCUT2D eigenvalue weighted by molar-refractivity contribution is -0.141. The van der Waals surface area contributed by atoms with E-state index in [-0.39, 0.29) is 24.3 Å². The number of nitrogens with one attached hydrogen (secondary N) is 1. The lowest BCUT2D eigenvalue weighted by atomic mass is 9.95. The Hall–Kier alpha value is -2.97. The lowest BCUT2D eigenvalue weighted by Crippen LogP contribution is -2.50. The van der Waals surface area contributed by atoms with Crippen LogP contribution in [0.4, 0.5) is 4.79 Å². The number of methoxy groups -OCH3 is 3. The van der Waals surface area contributed by atoms with Crippen molar-refractivity contribution < 1.29 is 28.6 Å². The minimum Gasteiger partial charge on any atom is -0.493 e. The summed E-state index contributed by atoms with van der Waals surface area (Å²) >= 11 is 0.